The lowest BCUT2D eigenvalue weighted by Crippen LogP contribution is -2.50. The number of halogens is 1. The smallest absolute Gasteiger partial charge is 0.228 e. The summed E-state index contributed by atoms with van der Waals surface area (Å²) in [6.07, 6.45) is 3.34. The van der Waals surface area contributed by atoms with Crippen molar-refractivity contribution in [1.82, 2.24) is 4.90 Å². The van der Waals surface area contributed by atoms with E-state index >= 15 is 0 Å². The van der Waals surface area contributed by atoms with Gasteiger partial charge in [0.1, 0.15) is 5.75 Å². The first-order chi connectivity index (χ1) is 11.7. The number of anilines is 1. The van der Waals surface area contributed by atoms with E-state index < -0.39 is 0 Å². The Morgan fingerprint density at radius 2 is 2.08 bits per heavy atom. The normalized spacial score (nSPS) is 23.4. The first-order valence-corrected chi connectivity index (χ1v) is 8.59. The number of ether oxygens (including phenoxy) is 1. The van der Waals surface area contributed by atoms with E-state index in [-0.39, 0.29) is 42.6 Å². The number of piperidine rings is 1. The van der Waals surface area contributed by atoms with Crippen LogP contribution >= 0.6 is 12.4 Å². The van der Waals surface area contributed by atoms with E-state index in [0.29, 0.717) is 18.8 Å². The molecule has 138 valence electrons. The lowest BCUT2D eigenvalue weighted by Gasteiger charge is -2.36. The first kappa shape index (κ1) is 19.5. The minimum absolute atomic E-state index is 0. The van der Waals surface area contributed by atoms with Crippen molar-refractivity contribution in [3.05, 3.63) is 24.3 Å². The minimum Gasteiger partial charge on any atom is -0.495 e. The summed E-state index contributed by atoms with van der Waals surface area (Å²) in [5.74, 6) is 0.390. The molecule has 1 aromatic carbocycles. The number of likely N-dealkylation sites (tertiary alicyclic amines) is 1. The zero-order chi connectivity index (χ0) is 17.1. The Kier molecular flexibility index (Phi) is 6.67. The molecule has 2 N–H and O–H groups in total. The molecule has 2 atom stereocenters. The summed E-state index contributed by atoms with van der Waals surface area (Å²) in [6.45, 7) is 1.65. The largest absolute Gasteiger partial charge is 0.495 e. The van der Waals surface area contributed by atoms with Crippen molar-refractivity contribution in [2.45, 2.75) is 31.7 Å². The summed E-state index contributed by atoms with van der Waals surface area (Å²) in [6, 6.07) is 7.53. The fraction of sp³-hybridized carbons (Fsp3) is 0.556. The van der Waals surface area contributed by atoms with Crippen molar-refractivity contribution in [1.29, 1.82) is 0 Å². The average Bonchev–Trinajstić information content (AvgIpc) is 3.02. The number of benzene rings is 1. The summed E-state index contributed by atoms with van der Waals surface area (Å²) in [5, 5.41) is 0. The van der Waals surface area contributed by atoms with Crippen LogP contribution in [0.25, 0.3) is 0 Å². The molecule has 0 bridgehead atoms. The zero-order valence-corrected chi connectivity index (χ0v) is 15.3. The number of amides is 2. The van der Waals surface area contributed by atoms with Crippen LogP contribution < -0.4 is 15.4 Å². The van der Waals surface area contributed by atoms with E-state index in [0.717, 1.165) is 31.5 Å². The van der Waals surface area contributed by atoms with Crippen molar-refractivity contribution < 1.29 is 14.3 Å². The molecule has 0 radical (unpaired) electrons. The van der Waals surface area contributed by atoms with Crippen molar-refractivity contribution >= 4 is 29.9 Å². The van der Waals surface area contributed by atoms with Crippen molar-refractivity contribution in [2.75, 3.05) is 31.6 Å². The second kappa shape index (κ2) is 8.54. The molecule has 6 nitrogen and oxygen atoms in total. The lowest BCUT2D eigenvalue weighted by atomic mass is 9.98. The van der Waals surface area contributed by atoms with Crippen LogP contribution in [0.5, 0.6) is 5.75 Å². The van der Waals surface area contributed by atoms with Gasteiger partial charge in [-0.15, -0.1) is 12.4 Å². The maximum atomic E-state index is 12.9. The van der Waals surface area contributed by atoms with E-state index in [1.807, 2.05) is 29.2 Å². The van der Waals surface area contributed by atoms with E-state index in [2.05, 4.69) is 0 Å². The van der Waals surface area contributed by atoms with Gasteiger partial charge in [-0.2, -0.15) is 0 Å². The molecule has 2 fully saturated rings. The van der Waals surface area contributed by atoms with Crippen LogP contribution in [-0.2, 0) is 9.59 Å². The number of carbonyl (C=O) groups excluding carboxylic acids is 2. The van der Waals surface area contributed by atoms with Gasteiger partial charge in [0.15, 0.2) is 0 Å². The number of hydrogen-bond donors (Lipinski definition) is 1. The highest BCUT2D eigenvalue weighted by Crippen LogP contribution is 2.33. The number of carbonyl (C=O) groups is 2. The maximum absolute atomic E-state index is 12.9. The molecule has 2 aliphatic rings. The summed E-state index contributed by atoms with van der Waals surface area (Å²) in [4.78, 5) is 28.9. The van der Waals surface area contributed by atoms with Gasteiger partial charge in [0.25, 0.3) is 0 Å². The molecule has 2 aliphatic heterocycles. The van der Waals surface area contributed by atoms with Crippen molar-refractivity contribution in [3.8, 4) is 5.75 Å². The highest BCUT2D eigenvalue weighted by molar-refractivity contribution is 6.01. The second-order valence-corrected chi connectivity index (χ2v) is 6.49. The Hall–Kier alpha value is -1.79. The van der Waals surface area contributed by atoms with Gasteiger partial charge in [-0.1, -0.05) is 12.1 Å². The highest BCUT2D eigenvalue weighted by Gasteiger charge is 2.39. The highest BCUT2D eigenvalue weighted by atomic mass is 35.5. The van der Waals surface area contributed by atoms with Gasteiger partial charge in [-0.3, -0.25) is 9.59 Å². The van der Waals surface area contributed by atoms with E-state index in [9.17, 15) is 9.59 Å². The third-order valence-corrected chi connectivity index (χ3v) is 5.03. The molecule has 0 aromatic heterocycles. The molecule has 2 unspecified atom stereocenters. The Morgan fingerprint density at radius 3 is 2.80 bits per heavy atom. The number of rotatable bonds is 4. The Bertz CT molecular complexity index is 625. The standard InChI is InChI=1S/C18H25N3O3.ClH/c1-24-16-8-3-2-7-15(16)21-12-13(10-17(21)22)18(23)20-9-5-4-6-14(20)11-19;/h2-3,7-8,13-14H,4-6,9-12,19H2,1H3;1H. The van der Waals surface area contributed by atoms with Gasteiger partial charge in [0.2, 0.25) is 11.8 Å². The summed E-state index contributed by atoms with van der Waals surface area (Å²) >= 11 is 0. The molecule has 1 aromatic rings. The quantitative estimate of drug-likeness (QED) is 0.880. The fourth-order valence-corrected chi connectivity index (χ4v) is 3.73. The maximum Gasteiger partial charge on any atom is 0.228 e. The summed E-state index contributed by atoms with van der Waals surface area (Å²) in [5.41, 5.74) is 6.56. The average molecular weight is 368 g/mol. The molecule has 0 saturated carbocycles. The molecule has 2 heterocycles. The number of methoxy groups -OCH3 is 1. The van der Waals surface area contributed by atoms with Gasteiger partial charge < -0.3 is 20.3 Å². The van der Waals surface area contributed by atoms with Gasteiger partial charge in [0.05, 0.1) is 18.7 Å². The van der Waals surface area contributed by atoms with E-state index in [1.54, 1.807) is 12.0 Å². The third kappa shape index (κ3) is 3.90. The summed E-state index contributed by atoms with van der Waals surface area (Å²) < 4.78 is 5.35. The van der Waals surface area contributed by atoms with Crippen LogP contribution in [0.15, 0.2) is 24.3 Å². The molecule has 0 aliphatic carbocycles. The molecular formula is C18H26ClN3O3. The van der Waals surface area contributed by atoms with Crippen LogP contribution in [0.4, 0.5) is 5.69 Å². The number of para-hydroxylation sites is 2. The molecule has 25 heavy (non-hydrogen) atoms. The van der Waals surface area contributed by atoms with Crippen molar-refractivity contribution in [2.24, 2.45) is 11.7 Å². The molecular weight excluding hydrogens is 342 g/mol. The van der Waals surface area contributed by atoms with Crippen LogP contribution in [0.2, 0.25) is 0 Å². The fourth-order valence-electron chi connectivity index (χ4n) is 3.73. The van der Waals surface area contributed by atoms with Gasteiger partial charge in [-0.25, -0.2) is 0 Å². The predicted octanol–water partition coefficient (Wildman–Crippen LogP) is 1.81. The van der Waals surface area contributed by atoms with E-state index in [1.165, 1.54) is 0 Å². The first-order valence-electron chi connectivity index (χ1n) is 8.59. The van der Waals surface area contributed by atoms with Gasteiger partial charge in [0, 0.05) is 32.1 Å². The molecule has 3 rings (SSSR count). The zero-order valence-electron chi connectivity index (χ0n) is 14.5. The van der Waals surface area contributed by atoms with E-state index in [4.69, 9.17) is 10.5 Å². The molecule has 2 amide bonds. The topological polar surface area (TPSA) is 75.9 Å². The van der Waals surface area contributed by atoms with Crippen LogP contribution in [0.1, 0.15) is 25.7 Å². The summed E-state index contributed by atoms with van der Waals surface area (Å²) in [7, 11) is 1.58. The molecule has 0 spiro atoms. The van der Waals surface area contributed by atoms with Crippen molar-refractivity contribution in [3.63, 3.8) is 0 Å². The predicted molar refractivity (Wildman–Crippen MR) is 99.1 cm³/mol. The number of nitrogens with zero attached hydrogens (tertiary/aromatic N) is 2. The SMILES string of the molecule is COc1ccccc1N1CC(C(=O)N2CCCCC2CN)CC1=O.Cl. The van der Waals surface area contributed by atoms with Crippen LogP contribution in [0, 0.1) is 5.92 Å². The Balaban J connectivity index is 0.00000225. The lowest BCUT2D eigenvalue weighted by molar-refractivity contribution is -0.139. The van der Waals surface area contributed by atoms with Crippen LogP contribution in [0.3, 0.4) is 0 Å². The number of hydrogen-bond acceptors (Lipinski definition) is 4. The van der Waals surface area contributed by atoms with Gasteiger partial charge in [-0.05, 0) is 31.4 Å². The van der Waals surface area contributed by atoms with Crippen LogP contribution in [-0.4, -0.2) is 49.5 Å². The number of nitrogens with two attached hydrogens (primary N) is 1. The third-order valence-electron chi connectivity index (χ3n) is 5.03. The Labute approximate surface area is 154 Å². The molecule has 2 saturated heterocycles. The minimum atomic E-state index is -0.297. The second-order valence-electron chi connectivity index (χ2n) is 6.49. The molecule has 7 heteroatoms. The van der Waals surface area contributed by atoms with Gasteiger partial charge >= 0.3 is 0 Å². The Morgan fingerprint density at radius 1 is 1.32 bits per heavy atom. The monoisotopic (exact) mass is 367 g/mol.